The lowest BCUT2D eigenvalue weighted by atomic mass is 10.6. The fourth-order valence-corrected chi connectivity index (χ4v) is 9.59. The van der Waals surface area contributed by atoms with Gasteiger partial charge in [-0.1, -0.05) is 21.6 Å². The maximum absolute atomic E-state index is 5.81. The Balaban J connectivity index is 3.97. The molecule has 0 amide bonds. The molecule has 0 aliphatic carbocycles. The molecule has 0 fully saturated rings. The van der Waals surface area contributed by atoms with Crippen LogP contribution in [0.1, 0.15) is 27.2 Å². The molecule has 0 N–H and O–H groups in total. The first-order valence-electron chi connectivity index (χ1n) is 6.15. The van der Waals surface area contributed by atoms with Crippen molar-refractivity contribution in [1.82, 2.24) is 0 Å². The standard InChI is InChI=1S/C10H24O3S4Si/c1-5-11-18(12-6-2,13-7-3)10-8-9-15-17-16-14-4/h5-10H2,1-4H3. The second-order valence-electron chi connectivity index (χ2n) is 3.21. The smallest absolute Gasteiger partial charge is 0.374 e. The first-order valence-corrected chi connectivity index (χ1v) is 13.5. The predicted octanol–water partition coefficient (Wildman–Crippen LogP) is 4.73. The minimum Gasteiger partial charge on any atom is -0.374 e. The molecule has 0 heterocycles. The van der Waals surface area contributed by atoms with Crippen molar-refractivity contribution in [2.75, 3.05) is 31.8 Å². The summed E-state index contributed by atoms with van der Waals surface area (Å²) in [5, 5.41) is 0. The molecule has 0 radical (unpaired) electrons. The van der Waals surface area contributed by atoms with Gasteiger partial charge in [-0.25, -0.2) is 0 Å². The highest BCUT2D eigenvalue weighted by Crippen LogP contribution is 2.41. The van der Waals surface area contributed by atoms with Crippen molar-refractivity contribution in [2.24, 2.45) is 0 Å². The van der Waals surface area contributed by atoms with Crippen LogP contribution in [0.2, 0.25) is 6.04 Å². The van der Waals surface area contributed by atoms with Gasteiger partial charge in [0.05, 0.1) is 0 Å². The summed E-state index contributed by atoms with van der Waals surface area (Å²) in [5.41, 5.74) is 0. The molecule has 0 aliphatic heterocycles. The summed E-state index contributed by atoms with van der Waals surface area (Å²) in [6.45, 7) is 7.99. The monoisotopic (exact) mass is 348 g/mol. The highest BCUT2D eigenvalue weighted by molar-refractivity contribution is 9.26. The van der Waals surface area contributed by atoms with E-state index in [1.807, 2.05) is 51.2 Å². The summed E-state index contributed by atoms with van der Waals surface area (Å²) in [6.07, 6.45) is 3.17. The number of rotatable bonds is 13. The Labute approximate surface area is 128 Å². The molecule has 110 valence electrons. The van der Waals surface area contributed by atoms with Crippen molar-refractivity contribution in [2.45, 2.75) is 33.2 Å². The van der Waals surface area contributed by atoms with E-state index in [1.165, 1.54) is 0 Å². The van der Waals surface area contributed by atoms with Gasteiger partial charge in [-0.05, 0) is 53.1 Å². The molecule has 0 aromatic rings. The maximum Gasteiger partial charge on any atom is 0.500 e. The van der Waals surface area contributed by atoms with E-state index < -0.39 is 8.80 Å². The molecular weight excluding hydrogens is 324 g/mol. The van der Waals surface area contributed by atoms with Crippen LogP contribution in [0.25, 0.3) is 0 Å². The SMILES string of the molecule is CCO[Si](CCCSSSSC)(OCC)OCC. The van der Waals surface area contributed by atoms with Gasteiger partial charge in [0.15, 0.2) is 0 Å². The van der Waals surface area contributed by atoms with Crippen LogP contribution in [0.5, 0.6) is 0 Å². The lowest BCUT2D eigenvalue weighted by Gasteiger charge is -2.28. The van der Waals surface area contributed by atoms with Crippen molar-refractivity contribution in [3.63, 3.8) is 0 Å². The summed E-state index contributed by atoms with van der Waals surface area (Å²) in [4.78, 5) is 0. The van der Waals surface area contributed by atoms with E-state index in [0.29, 0.717) is 19.8 Å². The lowest BCUT2D eigenvalue weighted by Crippen LogP contribution is -2.46. The van der Waals surface area contributed by atoms with E-state index in [0.717, 1.165) is 18.2 Å². The van der Waals surface area contributed by atoms with E-state index in [2.05, 4.69) is 6.26 Å². The quantitative estimate of drug-likeness (QED) is 0.270. The van der Waals surface area contributed by atoms with Crippen LogP contribution in [0.3, 0.4) is 0 Å². The van der Waals surface area contributed by atoms with Gasteiger partial charge in [0.1, 0.15) is 0 Å². The second-order valence-corrected chi connectivity index (χ2v) is 12.2. The molecular formula is C10H24O3S4Si. The molecule has 8 heteroatoms. The second kappa shape index (κ2) is 13.5. The summed E-state index contributed by atoms with van der Waals surface area (Å²) < 4.78 is 17.4. The van der Waals surface area contributed by atoms with E-state index in [9.17, 15) is 0 Å². The zero-order chi connectivity index (χ0) is 13.7. The van der Waals surface area contributed by atoms with Gasteiger partial charge < -0.3 is 13.3 Å². The fraction of sp³-hybridized carbons (Fsp3) is 1.00. The van der Waals surface area contributed by atoms with E-state index in [4.69, 9.17) is 13.3 Å². The number of hydrogen-bond acceptors (Lipinski definition) is 7. The fourth-order valence-electron chi connectivity index (χ4n) is 1.43. The van der Waals surface area contributed by atoms with Crippen molar-refractivity contribution in [3.8, 4) is 0 Å². The molecule has 0 saturated carbocycles. The average molecular weight is 349 g/mol. The van der Waals surface area contributed by atoms with E-state index in [-0.39, 0.29) is 0 Å². The van der Waals surface area contributed by atoms with Crippen LogP contribution in [0, 0.1) is 0 Å². The Morgan fingerprint density at radius 3 is 1.89 bits per heavy atom. The molecule has 0 atom stereocenters. The van der Waals surface area contributed by atoms with Crippen LogP contribution in [0.15, 0.2) is 0 Å². The highest BCUT2D eigenvalue weighted by atomic mass is 33.7. The van der Waals surface area contributed by atoms with Gasteiger partial charge in [0.25, 0.3) is 0 Å². The zero-order valence-corrected chi connectivity index (χ0v) is 15.9. The third kappa shape index (κ3) is 9.41. The molecule has 0 saturated heterocycles. The average Bonchev–Trinajstić information content (AvgIpc) is 2.35. The number of hydrogen-bond donors (Lipinski definition) is 0. The van der Waals surface area contributed by atoms with Gasteiger partial charge in [0, 0.05) is 31.6 Å². The Hall–Kier alpha value is 1.50. The molecule has 0 aromatic carbocycles. The molecule has 0 aromatic heterocycles. The van der Waals surface area contributed by atoms with Crippen molar-refractivity contribution in [3.05, 3.63) is 0 Å². The van der Waals surface area contributed by atoms with Gasteiger partial charge in [-0.15, -0.1) is 0 Å². The largest absolute Gasteiger partial charge is 0.500 e. The van der Waals surface area contributed by atoms with Gasteiger partial charge in [-0.3, -0.25) is 0 Å². The Morgan fingerprint density at radius 2 is 1.44 bits per heavy atom. The van der Waals surface area contributed by atoms with Crippen LogP contribution < -0.4 is 0 Å². The first-order chi connectivity index (χ1) is 8.74. The van der Waals surface area contributed by atoms with Crippen molar-refractivity contribution >= 4 is 50.0 Å². The molecule has 3 nitrogen and oxygen atoms in total. The third-order valence-electron chi connectivity index (χ3n) is 1.95. The van der Waals surface area contributed by atoms with Crippen LogP contribution in [-0.2, 0) is 13.3 Å². The van der Waals surface area contributed by atoms with Crippen molar-refractivity contribution in [1.29, 1.82) is 0 Å². The van der Waals surface area contributed by atoms with E-state index in [1.54, 1.807) is 10.8 Å². The summed E-state index contributed by atoms with van der Waals surface area (Å²) in [7, 11) is 4.92. The minimum atomic E-state index is -2.40. The molecule has 0 aliphatic rings. The summed E-state index contributed by atoms with van der Waals surface area (Å²) in [6, 6.07) is 0.917. The highest BCUT2D eigenvalue weighted by Gasteiger charge is 2.39. The molecule has 18 heavy (non-hydrogen) atoms. The van der Waals surface area contributed by atoms with Crippen molar-refractivity contribution < 1.29 is 13.3 Å². The molecule has 0 bridgehead atoms. The molecule has 0 spiro atoms. The predicted molar refractivity (Wildman–Crippen MR) is 91.2 cm³/mol. The minimum absolute atomic E-state index is 0.663. The van der Waals surface area contributed by atoms with Gasteiger partial charge in [-0.2, -0.15) is 0 Å². The Bertz CT molecular complexity index is 171. The molecule has 0 unspecified atom stereocenters. The van der Waals surface area contributed by atoms with Gasteiger partial charge >= 0.3 is 8.80 Å². The lowest BCUT2D eigenvalue weighted by molar-refractivity contribution is 0.0712. The summed E-state index contributed by atoms with van der Waals surface area (Å²) in [5.74, 6) is 1.11. The molecule has 0 rings (SSSR count). The van der Waals surface area contributed by atoms with Crippen LogP contribution in [0.4, 0.5) is 0 Å². The zero-order valence-electron chi connectivity index (χ0n) is 11.6. The van der Waals surface area contributed by atoms with Gasteiger partial charge in [0.2, 0.25) is 0 Å². The maximum atomic E-state index is 5.81. The Kier molecular flexibility index (Phi) is 14.6. The Morgan fingerprint density at radius 1 is 0.889 bits per heavy atom. The summed E-state index contributed by atoms with van der Waals surface area (Å²) >= 11 is 0. The topological polar surface area (TPSA) is 27.7 Å². The van der Waals surface area contributed by atoms with Crippen LogP contribution >= 0.6 is 41.2 Å². The normalized spacial score (nSPS) is 12.0. The third-order valence-corrected chi connectivity index (χ3v) is 11.3. The first kappa shape index (κ1) is 19.5. The van der Waals surface area contributed by atoms with Crippen LogP contribution in [-0.4, -0.2) is 40.6 Å². The van der Waals surface area contributed by atoms with E-state index >= 15 is 0 Å².